The minimum absolute atomic E-state index is 0.0327. The smallest absolute Gasteiger partial charge is 0.227 e. The summed E-state index contributed by atoms with van der Waals surface area (Å²) in [7, 11) is 0. The fraction of sp³-hybridized carbons (Fsp3) is 0.895. The highest BCUT2D eigenvalue weighted by atomic mass is 16.5. The molecule has 2 aliphatic rings. The summed E-state index contributed by atoms with van der Waals surface area (Å²) in [6.07, 6.45) is 7.84. The average molecular weight is 338 g/mol. The topological polar surface area (TPSA) is 49.9 Å². The van der Waals surface area contributed by atoms with Gasteiger partial charge in [0.15, 0.2) is 0 Å². The van der Waals surface area contributed by atoms with Crippen molar-refractivity contribution >= 4 is 11.8 Å². The number of hydrogen-bond donors (Lipinski definition) is 0. The molecule has 0 aromatic rings. The predicted octanol–water partition coefficient (Wildman–Crippen LogP) is 2.83. The summed E-state index contributed by atoms with van der Waals surface area (Å²) in [6, 6.07) is 0. The zero-order valence-corrected chi connectivity index (χ0v) is 15.5. The van der Waals surface area contributed by atoms with Crippen LogP contribution in [0.1, 0.15) is 65.2 Å². The normalized spacial score (nSPS) is 24.7. The molecule has 0 bridgehead atoms. The van der Waals surface area contributed by atoms with E-state index < -0.39 is 0 Å². The number of rotatable bonds is 7. The maximum atomic E-state index is 13.0. The van der Waals surface area contributed by atoms with Gasteiger partial charge in [0.05, 0.1) is 12.0 Å². The first kappa shape index (κ1) is 19.2. The third kappa shape index (κ3) is 5.47. The Morgan fingerprint density at radius 1 is 1.12 bits per heavy atom. The number of likely N-dealkylation sites (tertiary alicyclic amines) is 1. The third-order valence-corrected chi connectivity index (χ3v) is 5.09. The van der Waals surface area contributed by atoms with E-state index in [4.69, 9.17) is 4.74 Å². The molecule has 2 amide bonds. The Morgan fingerprint density at radius 3 is 2.62 bits per heavy atom. The van der Waals surface area contributed by atoms with Crippen molar-refractivity contribution in [3.8, 4) is 0 Å². The van der Waals surface area contributed by atoms with Crippen LogP contribution < -0.4 is 0 Å². The van der Waals surface area contributed by atoms with Crippen molar-refractivity contribution in [2.75, 3.05) is 32.8 Å². The van der Waals surface area contributed by atoms with Crippen LogP contribution in [0.2, 0.25) is 0 Å². The van der Waals surface area contributed by atoms with E-state index in [0.717, 1.165) is 58.2 Å². The summed E-state index contributed by atoms with van der Waals surface area (Å²) < 4.78 is 5.83. The van der Waals surface area contributed by atoms with E-state index >= 15 is 0 Å². The van der Waals surface area contributed by atoms with Crippen molar-refractivity contribution in [1.29, 1.82) is 0 Å². The number of nitrogens with zero attached hydrogens (tertiary/aromatic N) is 2. The third-order valence-electron chi connectivity index (χ3n) is 5.09. The van der Waals surface area contributed by atoms with Crippen LogP contribution in [0, 0.1) is 5.92 Å². The van der Waals surface area contributed by atoms with E-state index in [1.807, 2.05) is 16.7 Å². The van der Waals surface area contributed by atoms with Gasteiger partial charge in [-0.25, -0.2) is 0 Å². The number of ether oxygens (including phenoxy) is 1. The van der Waals surface area contributed by atoms with E-state index in [0.29, 0.717) is 19.5 Å². The van der Waals surface area contributed by atoms with Crippen molar-refractivity contribution in [3.05, 3.63) is 0 Å². The molecular weight excluding hydrogens is 304 g/mol. The van der Waals surface area contributed by atoms with E-state index in [1.165, 1.54) is 6.42 Å². The molecule has 2 rings (SSSR count). The molecule has 138 valence electrons. The minimum Gasteiger partial charge on any atom is -0.376 e. The second-order valence-corrected chi connectivity index (χ2v) is 7.20. The number of carbonyl (C=O) groups excluding carboxylic acids is 2. The molecule has 2 saturated heterocycles. The van der Waals surface area contributed by atoms with Crippen LogP contribution in [0.25, 0.3) is 0 Å². The van der Waals surface area contributed by atoms with Gasteiger partial charge in [-0.3, -0.25) is 9.59 Å². The summed E-state index contributed by atoms with van der Waals surface area (Å²) in [6.45, 7) is 7.87. The molecule has 0 aliphatic carbocycles. The number of piperidine rings is 1. The van der Waals surface area contributed by atoms with Gasteiger partial charge in [-0.2, -0.15) is 0 Å². The molecule has 5 heteroatoms. The maximum Gasteiger partial charge on any atom is 0.227 e. The molecule has 0 saturated carbocycles. The van der Waals surface area contributed by atoms with Gasteiger partial charge in [0.2, 0.25) is 11.8 Å². The largest absolute Gasteiger partial charge is 0.376 e. The van der Waals surface area contributed by atoms with Crippen LogP contribution in [0.3, 0.4) is 0 Å². The van der Waals surface area contributed by atoms with Crippen molar-refractivity contribution in [2.24, 2.45) is 5.92 Å². The standard InChI is InChI=1S/C19H34N2O3/c1-3-8-18(22)20-12-7-9-16(14-20)19(23)21(11-4-2)15-17-10-5-6-13-24-17/h16-17H,3-15H2,1-2H3/t16-,17+/m1/s1. The Bertz CT molecular complexity index is 407. The minimum atomic E-state index is -0.0327. The number of amides is 2. The fourth-order valence-corrected chi connectivity index (χ4v) is 3.79. The van der Waals surface area contributed by atoms with Crippen LogP contribution >= 0.6 is 0 Å². The lowest BCUT2D eigenvalue weighted by atomic mass is 9.95. The zero-order valence-electron chi connectivity index (χ0n) is 15.5. The second-order valence-electron chi connectivity index (χ2n) is 7.20. The van der Waals surface area contributed by atoms with Gasteiger partial charge < -0.3 is 14.5 Å². The molecule has 2 aliphatic heterocycles. The SMILES string of the molecule is CCCC(=O)N1CCC[C@@H](C(=O)N(CCC)C[C@@H]2CCCCO2)C1. The lowest BCUT2D eigenvalue weighted by molar-refractivity contribution is -0.143. The van der Waals surface area contributed by atoms with Crippen molar-refractivity contribution < 1.29 is 14.3 Å². The van der Waals surface area contributed by atoms with Crippen LogP contribution in [-0.2, 0) is 14.3 Å². The van der Waals surface area contributed by atoms with Crippen LogP contribution in [-0.4, -0.2) is 60.5 Å². The van der Waals surface area contributed by atoms with Crippen molar-refractivity contribution in [3.63, 3.8) is 0 Å². The Balaban J connectivity index is 1.93. The number of carbonyl (C=O) groups is 2. The molecule has 0 N–H and O–H groups in total. The first-order valence-electron chi connectivity index (χ1n) is 9.83. The summed E-state index contributed by atoms with van der Waals surface area (Å²) in [5, 5.41) is 0. The highest BCUT2D eigenvalue weighted by molar-refractivity contribution is 5.81. The lowest BCUT2D eigenvalue weighted by Crippen LogP contribution is -2.49. The molecule has 2 atom stereocenters. The van der Waals surface area contributed by atoms with E-state index in [2.05, 4.69) is 6.92 Å². The number of hydrogen-bond acceptors (Lipinski definition) is 3. The van der Waals surface area contributed by atoms with Crippen LogP contribution in [0.5, 0.6) is 0 Å². The highest BCUT2D eigenvalue weighted by Crippen LogP contribution is 2.22. The molecule has 0 aromatic heterocycles. The van der Waals surface area contributed by atoms with Crippen molar-refractivity contribution in [1.82, 2.24) is 9.80 Å². The van der Waals surface area contributed by atoms with Gasteiger partial charge in [-0.15, -0.1) is 0 Å². The molecule has 0 spiro atoms. The fourth-order valence-electron chi connectivity index (χ4n) is 3.79. The van der Waals surface area contributed by atoms with E-state index in [9.17, 15) is 9.59 Å². The molecule has 0 unspecified atom stereocenters. The highest BCUT2D eigenvalue weighted by Gasteiger charge is 2.32. The molecule has 24 heavy (non-hydrogen) atoms. The summed E-state index contributed by atoms with van der Waals surface area (Å²) in [5.74, 6) is 0.391. The van der Waals surface area contributed by atoms with E-state index in [-0.39, 0.29) is 23.8 Å². The average Bonchev–Trinajstić information content (AvgIpc) is 2.62. The first-order valence-corrected chi connectivity index (χ1v) is 9.83. The van der Waals surface area contributed by atoms with Crippen LogP contribution in [0.4, 0.5) is 0 Å². The second kappa shape index (κ2) is 10.0. The van der Waals surface area contributed by atoms with Gasteiger partial charge in [-0.05, 0) is 44.9 Å². The molecule has 5 nitrogen and oxygen atoms in total. The monoisotopic (exact) mass is 338 g/mol. The lowest BCUT2D eigenvalue weighted by Gasteiger charge is -2.36. The predicted molar refractivity (Wildman–Crippen MR) is 94.7 cm³/mol. The zero-order chi connectivity index (χ0) is 17.4. The molecule has 0 radical (unpaired) electrons. The Morgan fingerprint density at radius 2 is 1.96 bits per heavy atom. The summed E-state index contributed by atoms with van der Waals surface area (Å²) in [4.78, 5) is 29.1. The molecule has 0 aromatic carbocycles. The summed E-state index contributed by atoms with van der Waals surface area (Å²) >= 11 is 0. The van der Waals surface area contributed by atoms with Gasteiger partial charge in [0.1, 0.15) is 0 Å². The first-order chi connectivity index (χ1) is 11.7. The quantitative estimate of drug-likeness (QED) is 0.717. The molecule has 2 fully saturated rings. The molecule has 2 heterocycles. The van der Waals surface area contributed by atoms with Crippen LogP contribution in [0.15, 0.2) is 0 Å². The Labute approximate surface area is 146 Å². The van der Waals surface area contributed by atoms with E-state index in [1.54, 1.807) is 0 Å². The Hall–Kier alpha value is -1.10. The van der Waals surface area contributed by atoms with Gasteiger partial charge in [0, 0.05) is 39.2 Å². The van der Waals surface area contributed by atoms with Gasteiger partial charge in [-0.1, -0.05) is 13.8 Å². The Kier molecular flexibility index (Phi) is 8.03. The van der Waals surface area contributed by atoms with Gasteiger partial charge >= 0.3 is 0 Å². The van der Waals surface area contributed by atoms with Gasteiger partial charge in [0.25, 0.3) is 0 Å². The maximum absolute atomic E-state index is 13.0. The summed E-state index contributed by atoms with van der Waals surface area (Å²) in [5.41, 5.74) is 0. The van der Waals surface area contributed by atoms with Crippen molar-refractivity contribution in [2.45, 2.75) is 71.3 Å². The molecular formula is C19H34N2O3.